The number of para-hydroxylation sites is 1. The minimum Gasteiger partial charge on any atom is -0.491 e. The molecule has 0 aromatic heterocycles. The number of nitrogens with one attached hydrogen (secondary N) is 1. The second-order valence-electron chi connectivity index (χ2n) is 4.47. The number of halogens is 1. The molecule has 6 heteroatoms. The van der Waals surface area contributed by atoms with Gasteiger partial charge in [0.05, 0.1) is 18.1 Å². The predicted molar refractivity (Wildman–Crippen MR) is 74.4 cm³/mol. The third-order valence-electron chi connectivity index (χ3n) is 2.87. The Morgan fingerprint density at radius 1 is 1.40 bits per heavy atom. The van der Waals surface area contributed by atoms with E-state index in [4.69, 9.17) is 25.9 Å². The summed E-state index contributed by atoms with van der Waals surface area (Å²) in [6, 6.07) is 7.14. The summed E-state index contributed by atoms with van der Waals surface area (Å²) < 4.78 is 10.8. The van der Waals surface area contributed by atoms with E-state index in [2.05, 4.69) is 5.48 Å². The summed E-state index contributed by atoms with van der Waals surface area (Å²) in [5.74, 6) is 0.324. The van der Waals surface area contributed by atoms with Gasteiger partial charge in [0.2, 0.25) is 5.91 Å². The highest BCUT2D eigenvalue weighted by Gasteiger charge is 2.15. The maximum atomic E-state index is 11.6. The summed E-state index contributed by atoms with van der Waals surface area (Å²) in [7, 11) is 0. The topological polar surface area (TPSA) is 56.8 Å². The first-order chi connectivity index (χ1) is 9.75. The van der Waals surface area contributed by atoms with Crippen LogP contribution in [0.15, 0.2) is 24.3 Å². The SMILES string of the molecule is O=C(CCOc1ccccc1Cl)NO[C@H]1CCCCO1. The fourth-order valence-electron chi connectivity index (χ4n) is 1.80. The Bertz CT molecular complexity index is 435. The van der Waals surface area contributed by atoms with Crippen LogP contribution in [0.4, 0.5) is 0 Å². The molecule has 1 aromatic rings. The van der Waals surface area contributed by atoms with E-state index in [0.29, 0.717) is 17.4 Å². The van der Waals surface area contributed by atoms with E-state index in [1.165, 1.54) is 0 Å². The highest BCUT2D eigenvalue weighted by atomic mass is 35.5. The van der Waals surface area contributed by atoms with Crippen molar-refractivity contribution in [3.63, 3.8) is 0 Å². The lowest BCUT2D eigenvalue weighted by atomic mass is 10.2. The number of rotatable bonds is 6. The molecule has 0 aliphatic carbocycles. The third-order valence-corrected chi connectivity index (χ3v) is 3.18. The van der Waals surface area contributed by atoms with E-state index < -0.39 is 0 Å². The van der Waals surface area contributed by atoms with Crippen LogP contribution in [0.5, 0.6) is 5.75 Å². The third kappa shape index (κ3) is 5.00. The lowest BCUT2D eigenvalue weighted by molar-refractivity contribution is -0.200. The number of benzene rings is 1. The van der Waals surface area contributed by atoms with Crippen LogP contribution < -0.4 is 10.2 Å². The molecule has 2 rings (SSSR count). The smallest absolute Gasteiger partial charge is 0.247 e. The second-order valence-corrected chi connectivity index (χ2v) is 4.88. The molecular formula is C14H18ClNO4. The zero-order valence-corrected chi connectivity index (χ0v) is 11.9. The van der Waals surface area contributed by atoms with Gasteiger partial charge < -0.3 is 9.47 Å². The lowest BCUT2D eigenvalue weighted by Gasteiger charge is -2.22. The summed E-state index contributed by atoms with van der Waals surface area (Å²) in [6.45, 7) is 0.917. The van der Waals surface area contributed by atoms with E-state index in [-0.39, 0.29) is 25.2 Å². The number of carbonyl (C=O) groups is 1. The summed E-state index contributed by atoms with van der Waals surface area (Å²) >= 11 is 5.94. The van der Waals surface area contributed by atoms with Gasteiger partial charge in [0.25, 0.3) is 0 Å². The molecule has 0 radical (unpaired) electrons. The van der Waals surface area contributed by atoms with Crippen molar-refractivity contribution >= 4 is 17.5 Å². The molecular weight excluding hydrogens is 282 g/mol. The van der Waals surface area contributed by atoms with Crippen molar-refractivity contribution in [1.82, 2.24) is 5.48 Å². The molecule has 0 saturated carbocycles. The zero-order valence-electron chi connectivity index (χ0n) is 11.1. The summed E-state index contributed by atoms with van der Waals surface area (Å²) in [4.78, 5) is 16.7. The van der Waals surface area contributed by atoms with Crippen LogP contribution >= 0.6 is 11.6 Å². The minimum atomic E-state index is -0.336. The number of hydrogen-bond donors (Lipinski definition) is 1. The molecule has 5 nitrogen and oxygen atoms in total. The van der Waals surface area contributed by atoms with Crippen molar-refractivity contribution in [3.8, 4) is 5.75 Å². The molecule has 1 heterocycles. The van der Waals surface area contributed by atoms with Crippen molar-refractivity contribution in [3.05, 3.63) is 29.3 Å². The van der Waals surface area contributed by atoms with E-state index in [9.17, 15) is 4.79 Å². The molecule has 110 valence electrons. The normalized spacial score (nSPS) is 18.6. The van der Waals surface area contributed by atoms with Crippen LogP contribution in [-0.2, 0) is 14.4 Å². The van der Waals surface area contributed by atoms with Gasteiger partial charge >= 0.3 is 0 Å². The molecule has 1 aliphatic heterocycles. The van der Waals surface area contributed by atoms with Crippen molar-refractivity contribution in [2.24, 2.45) is 0 Å². The first-order valence-corrected chi connectivity index (χ1v) is 7.07. The zero-order chi connectivity index (χ0) is 14.2. The Hall–Kier alpha value is -1.30. The van der Waals surface area contributed by atoms with Crippen molar-refractivity contribution in [2.75, 3.05) is 13.2 Å². The van der Waals surface area contributed by atoms with Gasteiger partial charge in [0, 0.05) is 13.0 Å². The van der Waals surface area contributed by atoms with Crippen molar-refractivity contribution in [1.29, 1.82) is 0 Å². The molecule has 1 fully saturated rings. The molecule has 1 aromatic carbocycles. The summed E-state index contributed by atoms with van der Waals surface area (Å²) in [6.07, 6.45) is 2.75. The highest BCUT2D eigenvalue weighted by Crippen LogP contribution is 2.23. The number of amides is 1. The van der Waals surface area contributed by atoms with Gasteiger partial charge in [-0.25, -0.2) is 10.3 Å². The minimum absolute atomic E-state index is 0.192. The fourth-order valence-corrected chi connectivity index (χ4v) is 1.99. The van der Waals surface area contributed by atoms with E-state index in [1.54, 1.807) is 12.1 Å². The predicted octanol–water partition coefficient (Wildman–Crippen LogP) is 2.68. The maximum absolute atomic E-state index is 11.6. The van der Waals surface area contributed by atoms with Gasteiger partial charge in [-0.05, 0) is 25.0 Å². The molecule has 1 amide bonds. The van der Waals surface area contributed by atoms with Gasteiger partial charge in [-0.2, -0.15) is 0 Å². The van der Waals surface area contributed by atoms with E-state index in [0.717, 1.165) is 19.3 Å². The average molecular weight is 300 g/mol. The Morgan fingerprint density at radius 3 is 3.00 bits per heavy atom. The molecule has 0 spiro atoms. The van der Waals surface area contributed by atoms with Gasteiger partial charge in [-0.3, -0.25) is 4.79 Å². The van der Waals surface area contributed by atoms with Crippen molar-refractivity contribution in [2.45, 2.75) is 32.0 Å². The molecule has 0 bridgehead atoms. The Labute approximate surface area is 123 Å². The molecule has 1 aliphatic rings. The average Bonchev–Trinajstić information content (AvgIpc) is 2.48. The lowest BCUT2D eigenvalue weighted by Crippen LogP contribution is -2.33. The quantitative estimate of drug-likeness (QED) is 0.821. The Kier molecular flexibility index (Phi) is 6.11. The second kappa shape index (κ2) is 8.09. The molecule has 0 unspecified atom stereocenters. The number of hydrogen-bond acceptors (Lipinski definition) is 4. The van der Waals surface area contributed by atoms with Crippen LogP contribution in [-0.4, -0.2) is 25.4 Å². The molecule has 1 atom stereocenters. The standard InChI is InChI=1S/C14H18ClNO4/c15-11-5-1-2-6-12(11)18-10-8-13(17)16-20-14-7-3-4-9-19-14/h1-2,5-6,14H,3-4,7-10H2,(H,16,17)/t14-/m0/s1. The van der Waals surface area contributed by atoms with E-state index >= 15 is 0 Å². The first-order valence-electron chi connectivity index (χ1n) is 6.69. The Morgan fingerprint density at radius 2 is 2.25 bits per heavy atom. The van der Waals surface area contributed by atoms with Crippen LogP contribution in [0, 0.1) is 0 Å². The van der Waals surface area contributed by atoms with Crippen molar-refractivity contribution < 1.29 is 19.1 Å². The number of carbonyl (C=O) groups excluding carboxylic acids is 1. The molecule has 20 heavy (non-hydrogen) atoms. The summed E-state index contributed by atoms with van der Waals surface area (Å²) in [5.41, 5.74) is 2.38. The van der Waals surface area contributed by atoms with Gasteiger partial charge in [0.1, 0.15) is 5.75 Å². The van der Waals surface area contributed by atoms with Crippen LogP contribution in [0.3, 0.4) is 0 Å². The van der Waals surface area contributed by atoms with Crippen LogP contribution in [0.1, 0.15) is 25.7 Å². The largest absolute Gasteiger partial charge is 0.491 e. The summed E-state index contributed by atoms with van der Waals surface area (Å²) in [5, 5.41) is 0.528. The van der Waals surface area contributed by atoms with E-state index in [1.807, 2.05) is 12.1 Å². The fraction of sp³-hybridized carbons (Fsp3) is 0.500. The van der Waals surface area contributed by atoms with Gasteiger partial charge in [-0.1, -0.05) is 23.7 Å². The molecule has 1 saturated heterocycles. The van der Waals surface area contributed by atoms with Crippen LogP contribution in [0.25, 0.3) is 0 Å². The monoisotopic (exact) mass is 299 g/mol. The maximum Gasteiger partial charge on any atom is 0.247 e. The van der Waals surface area contributed by atoms with Gasteiger partial charge in [0.15, 0.2) is 6.29 Å². The van der Waals surface area contributed by atoms with Gasteiger partial charge in [-0.15, -0.1) is 0 Å². The highest BCUT2D eigenvalue weighted by molar-refractivity contribution is 6.32. The Balaban J connectivity index is 1.61. The van der Waals surface area contributed by atoms with Crippen LogP contribution in [0.2, 0.25) is 5.02 Å². The number of ether oxygens (including phenoxy) is 2. The molecule has 1 N–H and O–H groups in total. The first kappa shape index (κ1) is 15.1. The number of hydroxylamine groups is 1.